The first kappa shape index (κ1) is 10.2. The van der Waals surface area contributed by atoms with Crippen LogP contribution in [0.15, 0.2) is 12.5 Å². The lowest BCUT2D eigenvalue weighted by molar-refractivity contribution is 0.301. The van der Waals surface area contributed by atoms with E-state index in [9.17, 15) is 8.42 Å². The Morgan fingerprint density at radius 1 is 1.62 bits per heavy atom. The molecule has 1 aromatic heterocycles. The summed E-state index contributed by atoms with van der Waals surface area (Å²) >= 11 is 0. The molecule has 1 heterocycles. The van der Waals surface area contributed by atoms with Crippen molar-refractivity contribution in [3.8, 4) is 0 Å². The standard InChI is InChI=1S/C7H12N2O3S/c1-3-9-6-8-4-7(9)5-12-13(2,10)11/h4,6H,3,5H2,1-2H3. The summed E-state index contributed by atoms with van der Waals surface area (Å²) in [5.74, 6) is 0. The lowest BCUT2D eigenvalue weighted by atomic mass is 10.5. The number of aryl methyl sites for hydroxylation is 1. The molecule has 0 spiro atoms. The van der Waals surface area contributed by atoms with Gasteiger partial charge in [0.15, 0.2) is 0 Å². The Morgan fingerprint density at radius 3 is 2.85 bits per heavy atom. The van der Waals surface area contributed by atoms with Crippen LogP contribution in [0.3, 0.4) is 0 Å². The zero-order chi connectivity index (χ0) is 9.90. The zero-order valence-electron chi connectivity index (χ0n) is 7.60. The minimum absolute atomic E-state index is 0.0483. The highest BCUT2D eigenvalue weighted by molar-refractivity contribution is 7.85. The molecule has 0 bridgehead atoms. The third-order valence-electron chi connectivity index (χ3n) is 1.56. The fourth-order valence-electron chi connectivity index (χ4n) is 0.920. The molecule has 0 saturated carbocycles. The summed E-state index contributed by atoms with van der Waals surface area (Å²) in [4.78, 5) is 3.88. The van der Waals surface area contributed by atoms with Gasteiger partial charge in [0.2, 0.25) is 0 Å². The van der Waals surface area contributed by atoms with Gasteiger partial charge in [-0.15, -0.1) is 0 Å². The van der Waals surface area contributed by atoms with Gasteiger partial charge in [0.05, 0.1) is 24.5 Å². The Morgan fingerprint density at radius 2 is 2.31 bits per heavy atom. The Kier molecular flexibility index (Phi) is 3.05. The van der Waals surface area contributed by atoms with Crippen LogP contribution in [0.2, 0.25) is 0 Å². The summed E-state index contributed by atoms with van der Waals surface area (Å²) in [5, 5.41) is 0. The van der Waals surface area contributed by atoms with E-state index in [0.717, 1.165) is 18.5 Å². The van der Waals surface area contributed by atoms with Gasteiger partial charge < -0.3 is 4.57 Å². The van der Waals surface area contributed by atoms with Crippen LogP contribution in [0, 0.1) is 0 Å². The average molecular weight is 204 g/mol. The minimum atomic E-state index is -3.37. The van der Waals surface area contributed by atoms with Crippen LogP contribution in [0.25, 0.3) is 0 Å². The Balaban J connectivity index is 2.64. The largest absolute Gasteiger partial charge is 0.333 e. The van der Waals surface area contributed by atoms with Crippen LogP contribution in [0.5, 0.6) is 0 Å². The molecule has 0 aromatic carbocycles. The van der Waals surface area contributed by atoms with E-state index in [0.29, 0.717) is 0 Å². The highest BCUT2D eigenvalue weighted by Gasteiger charge is 2.05. The van der Waals surface area contributed by atoms with Crippen LogP contribution in [0.1, 0.15) is 12.6 Å². The molecule has 0 aliphatic heterocycles. The van der Waals surface area contributed by atoms with E-state index in [-0.39, 0.29) is 6.61 Å². The van der Waals surface area contributed by atoms with Gasteiger partial charge in [0.25, 0.3) is 10.1 Å². The van der Waals surface area contributed by atoms with Crippen molar-refractivity contribution in [1.82, 2.24) is 9.55 Å². The average Bonchev–Trinajstić information content (AvgIpc) is 2.46. The van der Waals surface area contributed by atoms with Crippen LogP contribution < -0.4 is 0 Å². The van der Waals surface area contributed by atoms with Gasteiger partial charge in [-0.1, -0.05) is 0 Å². The molecule has 0 aliphatic carbocycles. The van der Waals surface area contributed by atoms with Gasteiger partial charge in [0, 0.05) is 6.54 Å². The van der Waals surface area contributed by atoms with Crippen molar-refractivity contribution >= 4 is 10.1 Å². The molecule has 1 rings (SSSR count). The van der Waals surface area contributed by atoms with Gasteiger partial charge >= 0.3 is 0 Å². The molecule has 6 heteroatoms. The van der Waals surface area contributed by atoms with Crippen molar-refractivity contribution < 1.29 is 12.6 Å². The fourth-order valence-corrected chi connectivity index (χ4v) is 1.26. The molecule has 0 aliphatic rings. The van der Waals surface area contributed by atoms with E-state index in [1.165, 1.54) is 0 Å². The van der Waals surface area contributed by atoms with Gasteiger partial charge in [-0.2, -0.15) is 8.42 Å². The second-order valence-electron chi connectivity index (χ2n) is 2.64. The molecular weight excluding hydrogens is 192 g/mol. The SMILES string of the molecule is CCn1cncc1COS(C)(=O)=O. The van der Waals surface area contributed by atoms with E-state index >= 15 is 0 Å². The molecular formula is C7H12N2O3S. The number of rotatable bonds is 4. The third kappa shape index (κ3) is 3.16. The molecule has 0 atom stereocenters. The van der Waals surface area contributed by atoms with E-state index in [1.807, 2.05) is 11.5 Å². The Labute approximate surface area is 77.5 Å². The van der Waals surface area contributed by atoms with Crippen molar-refractivity contribution in [2.75, 3.05) is 6.26 Å². The first-order valence-electron chi connectivity index (χ1n) is 3.86. The van der Waals surface area contributed by atoms with Crippen molar-refractivity contribution in [2.24, 2.45) is 0 Å². The molecule has 0 N–H and O–H groups in total. The topological polar surface area (TPSA) is 61.2 Å². The maximum atomic E-state index is 10.7. The summed E-state index contributed by atoms with van der Waals surface area (Å²) < 4.78 is 27.8. The van der Waals surface area contributed by atoms with Crippen LogP contribution in [-0.4, -0.2) is 24.2 Å². The smallest absolute Gasteiger partial charge is 0.264 e. The fraction of sp³-hybridized carbons (Fsp3) is 0.571. The van der Waals surface area contributed by atoms with E-state index < -0.39 is 10.1 Å². The van der Waals surface area contributed by atoms with E-state index in [2.05, 4.69) is 9.17 Å². The first-order chi connectivity index (χ1) is 6.03. The lowest BCUT2D eigenvalue weighted by Gasteiger charge is -2.03. The monoisotopic (exact) mass is 204 g/mol. The Hall–Kier alpha value is -0.880. The number of hydrogen-bond donors (Lipinski definition) is 0. The molecule has 0 amide bonds. The van der Waals surface area contributed by atoms with Crippen molar-refractivity contribution in [3.05, 3.63) is 18.2 Å². The highest BCUT2D eigenvalue weighted by atomic mass is 32.2. The van der Waals surface area contributed by atoms with Crippen molar-refractivity contribution in [2.45, 2.75) is 20.1 Å². The molecule has 5 nitrogen and oxygen atoms in total. The zero-order valence-corrected chi connectivity index (χ0v) is 8.41. The number of nitrogens with zero attached hydrogens (tertiary/aromatic N) is 2. The minimum Gasteiger partial charge on any atom is -0.333 e. The molecule has 0 saturated heterocycles. The first-order valence-corrected chi connectivity index (χ1v) is 5.68. The molecule has 74 valence electrons. The summed E-state index contributed by atoms with van der Waals surface area (Å²) in [5.41, 5.74) is 0.757. The van der Waals surface area contributed by atoms with Gasteiger partial charge in [0.1, 0.15) is 6.61 Å². The molecule has 0 unspecified atom stereocenters. The number of hydrogen-bond acceptors (Lipinski definition) is 4. The van der Waals surface area contributed by atoms with Gasteiger partial charge in [-0.3, -0.25) is 4.18 Å². The maximum Gasteiger partial charge on any atom is 0.264 e. The second kappa shape index (κ2) is 3.89. The summed E-state index contributed by atoms with van der Waals surface area (Å²) in [6, 6.07) is 0. The highest BCUT2D eigenvalue weighted by Crippen LogP contribution is 2.02. The van der Waals surface area contributed by atoms with Gasteiger partial charge in [-0.05, 0) is 6.92 Å². The second-order valence-corrected chi connectivity index (χ2v) is 4.28. The van der Waals surface area contributed by atoms with Crippen LogP contribution in [0.4, 0.5) is 0 Å². The van der Waals surface area contributed by atoms with E-state index in [4.69, 9.17) is 0 Å². The number of aromatic nitrogens is 2. The summed E-state index contributed by atoms with van der Waals surface area (Å²) in [6.07, 6.45) is 4.26. The third-order valence-corrected chi connectivity index (χ3v) is 2.11. The normalized spacial score (nSPS) is 11.8. The summed E-state index contributed by atoms with van der Waals surface area (Å²) in [7, 11) is -3.37. The molecule has 13 heavy (non-hydrogen) atoms. The predicted molar refractivity (Wildman–Crippen MR) is 47.5 cm³/mol. The molecule has 1 aromatic rings. The lowest BCUT2D eigenvalue weighted by Crippen LogP contribution is -2.06. The van der Waals surface area contributed by atoms with Crippen LogP contribution >= 0.6 is 0 Å². The molecule has 0 radical (unpaired) electrons. The predicted octanol–water partition coefficient (Wildman–Crippen LogP) is 0.379. The quantitative estimate of drug-likeness (QED) is 0.665. The van der Waals surface area contributed by atoms with Crippen LogP contribution in [-0.2, 0) is 27.5 Å². The molecule has 0 fully saturated rings. The van der Waals surface area contributed by atoms with Crippen molar-refractivity contribution in [3.63, 3.8) is 0 Å². The maximum absolute atomic E-state index is 10.7. The van der Waals surface area contributed by atoms with Gasteiger partial charge in [-0.25, -0.2) is 4.98 Å². The van der Waals surface area contributed by atoms with Crippen molar-refractivity contribution in [1.29, 1.82) is 0 Å². The van der Waals surface area contributed by atoms with E-state index in [1.54, 1.807) is 12.5 Å². The summed E-state index contributed by atoms with van der Waals surface area (Å²) in [6.45, 7) is 2.75. The number of imidazole rings is 1. The Bertz CT molecular complexity index is 369.